The maximum absolute atomic E-state index is 12.3. The largest absolute Gasteiger partial charge is 0.320 e. The van der Waals surface area contributed by atoms with Crippen LogP contribution in [0.15, 0.2) is 24.3 Å². The summed E-state index contributed by atoms with van der Waals surface area (Å²) in [6.45, 7) is 7.71. The van der Waals surface area contributed by atoms with E-state index >= 15 is 0 Å². The predicted molar refractivity (Wildman–Crippen MR) is 80.0 cm³/mol. The second kappa shape index (κ2) is 5.82. The topological polar surface area (TPSA) is 54.9 Å². The van der Waals surface area contributed by atoms with Crippen LogP contribution in [-0.2, 0) is 6.42 Å². The Morgan fingerprint density at radius 3 is 2.60 bits per heavy atom. The van der Waals surface area contributed by atoms with E-state index in [1.54, 1.807) is 13.0 Å². The summed E-state index contributed by atoms with van der Waals surface area (Å²) in [5.41, 5.74) is 4.26. The average molecular weight is 269 g/mol. The Hall–Kier alpha value is -2.23. The molecule has 1 aromatic heterocycles. The second-order valence-electron chi connectivity index (χ2n) is 4.86. The Morgan fingerprint density at radius 2 is 1.95 bits per heavy atom. The molecule has 2 aromatic rings. The van der Waals surface area contributed by atoms with E-state index < -0.39 is 0 Å². The van der Waals surface area contributed by atoms with Gasteiger partial charge in [-0.2, -0.15) is 0 Å². The standard InChI is InChI=1S/C16H19N3O/c1-5-13-8-6-7-10(2)15(13)19-16(20)14-9-11(3)17-12(4)18-14/h6-9H,5H2,1-4H3,(H,19,20). The molecule has 1 N–H and O–H groups in total. The van der Waals surface area contributed by atoms with Crippen molar-refractivity contribution in [3.63, 3.8) is 0 Å². The number of amides is 1. The van der Waals surface area contributed by atoms with Crippen LogP contribution in [0.2, 0.25) is 0 Å². The molecule has 0 radical (unpaired) electrons. The van der Waals surface area contributed by atoms with Crippen LogP contribution in [0, 0.1) is 20.8 Å². The summed E-state index contributed by atoms with van der Waals surface area (Å²) in [5.74, 6) is 0.415. The molecular weight excluding hydrogens is 250 g/mol. The molecule has 4 nitrogen and oxygen atoms in total. The summed E-state index contributed by atoms with van der Waals surface area (Å²) in [6.07, 6.45) is 0.874. The Bertz CT molecular complexity index is 630. The van der Waals surface area contributed by atoms with Gasteiger partial charge in [0.2, 0.25) is 0 Å². The van der Waals surface area contributed by atoms with Gasteiger partial charge in [0, 0.05) is 11.4 Å². The van der Waals surface area contributed by atoms with Gasteiger partial charge in [-0.25, -0.2) is 9.97 Å². The second-order valence-corrected chi connectivity index (χ2v) is 4.86. The van der Waals surface area contributed by atoms with Gasteiger partial charge >= 0.3 is 0 Å². The number of rotatable bonds is 3. The van der Waals surface area contributed by atoms with Crippen molar-refractivity contribution in [2.24, 2.45) is 0 Å². The molecule has 0 bridgehead atoms. The molecule has 0 aliphatic rings. The van der Waals surface area contributed by atoms with Gasteiger partial charge in [-0.05, 0) is 44.4 Å². The van der Waals surface area contributed by atoms with Crippen molar-refractivity contribution < 1.29 is 4.79 Å². The number of carbonyl (C=O) groups is 1. The molecule has 104 valence electrons. The fourth-order valence-corrected chi connectivity index (χ4v) is 2.21. The first-order chi connectivity index (χ1) is 9.51. The average Bonchev–Trinajstić information content (AvgIpc) is 2.39. The Kier molecular flexibility index (Phi) is 4.13. The lowest BCUT2D eigenvalue weighted by atomic mass is 10.1. The number of aryl methyl sites for hydroxylation is 4. The van der Waals surface area contributed by atoms with E-state index in [9.17, 15) is 4.79 Å². The van der Waals surface area contributed by atoms with E-state index in [1.807, 2.05) is 32.0 Å². The van der Waals surface area contributed by atoms with E-state index in [4.69, 9.17) is 0 Å². The number of hydrogen-bond donors (Lipinski definition) is 1. The maximum Gasteiger partial charge on any atom is 0.274 e. The molecule has 0 aliphatic heterocycles. The molecule has 0 saturated heterocycles. The third-order valence-electron chi connectivity index (χ3n) is 3.18. The van der Waals surface area contributed by atoms with Crippen LogP contribution in [0.25, 0.3) is 0 Å². The molecule has 0 spiro atoms. The highest BCUT2D eigenvalue weighted by Crippen LogP contribution is 2.21. The Labute approximate surface area is 119 Å². The quantitative estimate of drug-likeness (QED) is 0.930. The fraction of sp³-hybridized carbons (Fsp3) is 0.312. The monoisotopic (exact) mass is 269 g/mol. The SMILES string of the molecule is CCc1cccc(C)c1NC(=O)c1cc(C)nc(C)n1. The minimum atomic E-state index is -0.192. The molecular formula is C16H19N3O. The van der Waals surface area contributed by atoms with Crippen molar-refractivity contribution in [2.75, 3.05) is 5.32 Å². The number of carbonyl (C=O) groups excluding carboxylic acids is 1. The number of para-hydroxylation sites is 1. The summed E-state index contributed by atoms with van der Waals surface area (Å²) in [7, 11) is 0. The Balaban J connectivity index is 2.32. The van der Waals surface area contributed by atoms with E-state index in [0.717, 1.165) is 28.9 Å². The van der Waals surface area contributed by atoms with Gasteiger partial charge in [0.25, 0.3) is 5.91 Å². The third kappa shape index (κ3) is 3.02. The molecule has 0 aliphatic carbocycles. The molecule has 1 amide bonds. The van der Waals surface area contributed by atoms with Gasteiger partial charge in [0.15, 0.2) is 0 Å². The molecule has 4 heteroatoms. The summed E-state index contributed by atoms with van der Waals surface area (Å²) in [6, 6.07) is 7.72. The number of aromatic nitrogens is 2. The van der Waals surface area contributed by atoms with E-state index in [0.29, 0.717) is 11.5 Å². The molecule has 0 atom stereocenters. The zero-order valence-electron chi connectivity index (χ0n) is 12.3. The van der Waals surface area contributed by atoms with Gasteiger partial charge < -0.3 is 5.32 Å². The lowest BCUT2D eigenvalue weighted by Gasteiger charge is -2.13. The van der Waals surface area contributed by atoms with Crippen molar-refractivity contribution in [2.45, 2.75) is 34.1 Å². The molecule has 0 fully saturated rings. The van der Waals surface area contributed by atoms with Gasteiger partial charge in [0.1, 0.15) is 11.5 Å². The summed E-state index contributed by atoms with van der Waals surface area (Å²) in [4.78, 5) is 20.7. The van der Waals surface area contributed by atoms with Crippen LogP contribution in [0.3, 0.4) is 0 Å². The van der Waals surface area contributed by atoms with Crippen molar-refractivity contribution in [1.29, 1.82) is 0 Å². The van der Waals surface area contributed by atoms with Crippen LogP contribution in [0.4, 0.5) is 5.69 Å². The van der Waals surface area contributed by atoms with Crippen LogP contribution >= 0.6 is 0 Å². The van der Waals surface area contributed by atoms with E-state index in [1.165, 1.54) is 0 Å². The third-order valence-corrected chi connectivity index (χ3v) is 3.18. The highest BCUT2D eigenvalue weighted by atomic mass is 16.1. The van der Waals surface area contributed by atoms with Crippen molar-refractivity contribution in [3.05, 3.63) is 52.6 Å². The molecule has 20 heavy (non-hydrogen) atoms. The number of nitrogens with zero attached hydrogens (tertiary/aromatic N) is 2. The molecule has 0 saturated carbocycles. The van der Waals surface area contributed by atoms with Crippen LogP contribution in [0.5, 0.6) is 0 Å². The Morgan fingerprint density at radius 1 is 1.20 bits per heavy atom. The first-order valence-electron chi connectivity index (χ1n) is 6.73. The first-order valence-corrected chi connectivity index (χ1v) is 6.73. The van der Waals surface area contributed by atoms with Gasteiger partial charge in [-0.3, -0.25) is 4.79 Å². The molecule has 1 aromatic carbocycles. The zero-order valence-corrected chi connectivity index (χ0v) is 12.3. The van der Waals surface area contributed by atoms with Crippen LogP contribution < -0.4 is 5.32 Å². The van der Waals surface area contributed by atoms with Crippen molar-refractivity contribution >= 4 is 11.6 Å². The lowest BCUT2D eigenvalue weighted by Crippen LogP contribution is -2.17. The molecule has 0 unspecified atom stereocenters. The van der Waals surface area contributed by atoms with Gasteiger partial charge in [0.05, 0.1) is 0 Å². The number of nitrogens with one attached hydrogen (secondary N) is 1. The molecule has 1 heterocycles. The number of anilines is 1. The first kappa shape index (κ1) is 14.2. The smallest absolute Gasteiger partial charge is 0.274 e. The summed E-state index contributed by atoms with van der Waals surface area (Å²) in [5, 5.41) is 2.97. The zero-order chi connectivity index (χ0) is 14.7. The normalized spacial score (nSPS) is 10.4. The summed E-state index contributed by atoms with van der Waals surface area (Å²) < 4.78 is 0. The van der Waals surface area contributed by atoms with Crippen LogP contribution in [-0.4, -0.2) is 15.9 Å². The number of benzene rings is 1. The number of hydrogen-bond acceptors (Lipinski definition) is 3. The lowest BCUT2D eigenvalue weighted by molar-refractivity contribution is 0.102. The fourth-order valence-electron chi connectivity index (χ4n) is 2.21. The van der Waals surface area contributed by atoms with Crippen molar-refractivity contribution in [1.82, 2.24) is 9.97 Å². The van der Waals surface area contributed by atoms with E-state index in [-0.39, 0.29) is 5.91 Å². The van der Waals surface area contributed by atoms with Crippen molar-refractivity contribution in [3.8, 4) is 0 Å². The minimum Gasteiger partial charge on any atom is -0.320 e. The highest BCUT2D eigenvalue weighted by molar-refractivity contribution is 6.03. The predicted octanol–water partition coefficient (Wildman–Crippen LogP) is 3.22. The van der Waals surface area contributed by atoms with Crippen LogP contribution in [0.1, 0.15) is 40.1 Å². The minimum absolute atomic E-state index is 0.192. The van der Waals surface area contributed by atoms with Gasteiger partial charge in [-0.1, -0.05) is 25.1 Å². The highest BCUT2D eigenvalue weighted by Gasteiger charge is 2.12. The molecule has 2 rings (SSSR count). The van der Waals surface area contributed by atoms with Gasteiger partial charge in [-0.15, -0.1) is 0 Å². The summed E-state index contributed by atoms with van der Waals surface area (Å²) >= 11 is 0. The van der Waals surface area contributed by atoms with E-state index in [2.05, 4.69) is 22.2 Å². The maximum atomic E-state index is 12.3.